The second kappa shape index (κ2) is 7.88. The van der Waals surface area contributed by atoms with E-state index in [4.69, 9.17) is 5.73 Å². The number of amides is 2. The first-order chi connectivity index (χ1) is 9.66. The lowest BCUT2D eigenvalue weighted by Gasteiger charge is -2.29. The molecule has 0 spiro atoms. The third-order valence-corrected chi connectivity index (χ3v) is 5.50. The Balaban J connectivity index is 1.83. The van der Waals surface area contributed by atoms with Crippen molar-refractivity contribution in [2.24, 2.45) is 5.73 Å². The number of primary amides is 1. The van der Waals surface area contributed by atoms with Crippen LogP contribution in [-0.2, 0) is 9.59 Å². The van der Waals surface area contributed by atoms with Gasteiger partial charge in [0.25, 0.3) is 0 Å². The third kappa shape index (κ3) is 4.66. The second-order valence-electron chi connectivity index (χ2n) is 5.69. The summed E-state index contributed by atoms with van der Waals surface area (Å²) in [5.74, 6) is 0.158. The molecule has 0 aromatic carbocycles. The number of carbonyl (C=O) groups is 2. The summed E-state index contributed by atoms with van der Waals surface area (Å²) in [6.07, 6.45) is 6.56. The molecule has 2 rings (SSSR count). The average molecular weight is 299 g/mol. The number of nitrogens with zero attached hydrogens (tertiary/aromatic N) is 1. The van der Waals surface area contributed by atoms with Gasteiger partial charge in [-0.15, -0.1) is 11.8 Å². The Bertz CT molecular complexity index is 339. The molecule has 6 heteroatoms. The molecule has 0 unspecified atom stereocenters. The number of rotatable bonds is 6. The number of hydrogen-bond donors (Lipinski definition) is 2. The Morgan fingerprint density at radius 3 is 2.40 bits per heavy atom. The zero-order chi connectivity index (χ0) is 14.4. The number of piperidine rings is 1. The standard InChI is InChI=1S/C14H25N3O2S/c15-13(18)9-17(11-3-1-2-4-11)14(19)10-20-12-5-7-16-8-6-12/h11-12,16H,1-10H2,(H2,15,18). The van der Waals surface area contributed by atoms with Gasteiger partial charge in [-0.1, -0.05) is 12.8 Å². The zero-order valence-electron chi connectivity index (χ0n) is 12.0. The molecule has 2 aliphatic rings. The molecule has 3 N–H and O–H groups in total. The first-order valence-corrected chi connectivity index (χ1v) is 8.62. The maximum Gasteiger partial charge on any atom is 0.237 e. The minimum absolute atomic E-state index is 0.0796. The smallest absolute Gasteiger partial charge is 0.237 e. The summed E-state index contributed by atoms with van der Waals surface area (Å²) in [6, 6.07) is 0.226. The molecule has 0 atom stereocenters. The molecule has 1 aliphatic heterocycles. The minimum atomic E-state index is -0.405. The van der Waals surface area contributed by atoms with Crippen molar-refractivity contribution >= 4 is 23.6 Å². The predicted molar refractivity (Wildman–Crippen MR) is 81.5 cm³/mol. The van der Waals surface area contributed by atoms with Gasteiger partial charge in [0.2, 0.25) is 11.8 Å². The molecule has 2 amide bonds. The highest BCUT2D eigenvalue weighted by Crippen LogP contribution is 2.25. The summed E-state index contributed by atoms with van der Waals surface area (Å²) in [5.41, 5.74) is 5.29. The molecule has 1 saturated carbocycles. The fourth-order valence-corrected chi connectivity index (χ4v) is 4.15. The van der Waals surface area contributed by atoms with Gasteiger partial charge in [-0.25, -0.2) is 0 Å². The van der Waals surface area contributed by atoms with E-state index in [1.807, 2.05) is 0 Å². The van der Waals surface area contributed by atoms with Crippen molar-refractivity contribution in [3.05, 3.63) is 0 Å². The Kier molecular flexibility index (Phi) is 6.16. The minimum Gasteiger partial charge on any atom is -0.368 e. The number of carbonyl (C=O) groups excluding carboxylic acids is 2. The fourth-order valence-electron chi connectivity index (χ4n) is 3.04. The van der Waals surface area contributed by atoms with Crippen LogP contribution in [0.4, 0.5) is 0 Å². The summed E-state index contributed by atoms with van der Waals surface area (Å²) in [6.45, 7) is 2.16. The lowest BCUT2D eigenvalue weighted by molar-refractivity contribution is -0.135. The van der Waals surface area contributed by atoms with Gasteiger partial charge in [0, 0.05) is 11.3 Å². The van der Waals surface area contributed by atoms with E-state index in [9.17, 15) is 9.59 Å². The molecule has 1 heterocycles. The SMILES string of the molecule is NC(=O)CN(C(=O)CSC1CCNCC1)C1CCCC1. The van der Waals surface area contributed by atoms with Crippen LogP contribution in [0.1, 0.15) is 38.5 Å². The van der Waals surface area contributed by atoms with Gasteiger partial charge in [-0.05, 0) is 38.8 Å². The molecule has 114 valence electrons. The highest BCUT2D eigenvalue weighted by molar-refractivity contribution is 8.00. The summed E-state index contributed by atoms with van der Waals surface area (Å²) >= 11 is 1.74. The molecule has 20 heavy (non-hydrogen) atoms. The lowest BCUT2D eigenvalue weighted by atomic mass is 10.2. The van der Waals surface area contributed by atoms with Gasteiger partial charge < -0.3 is 16.0 Å². The van der Waals surface area contributed by atoms with Crippen molar-refractivity contribution in [1.82, 2.24) is 10.2 Å². The summed E-state index contributed by atoms with van der Waals surface area (Å²) in [7, 11) is 0. The summed E-state index contributed by atoms with van der Waals surface area (Å²) < 4.78 is 0. The largest absolute Gasteiger partial charge is 0.368 e. The van der Waals surface area contributed by atoms with Crippen LogP contribution in [0.5, 0.6) is 0 Å². The lowest BCUT2D eigenvalue weighted by Crippen LogP contribution is -2.45. The molecule has 0 bridgehead atoms. The molecule has 0 radical (unpaired) electrons. The van der Waals surface area contributed by atoms with Crippen molar-refractivity contribution in [2.75, 3.05) is 25.4 Å². The van der Waals surface area contributed by atoms with Crippen LogP contribution in [0.3, 0.4) is 0 Å². The van der Waals surface area contributed by atoms with Gasteiger partial charge in [-0.3, -0.25) is 9.59 Å². The third-order valence-electron chi connectivity index (χ3n) is 4.14. The predicted octanol–water partition coefficient (Wildman–Crippen LogP) is 0.728. The van der Waals surface area contributed by atoms with Crippen LogP contribution in [-0.4, -0.2) is 53.4 Å². The Labute approximate surface area is 125 Å². The van der Waals surface area contributed by atoms with Crippen molar-refractivity contribution in [3.63, 3.8) is 0 Å². The van der Waals surface area contributed by atoms with Crippen LogP contribution in [0.25, 0.3) is 0 Å². The van der Waals surface area contributed by atoms with Crippen molar-refractivity contribution < 1.29 is 9.59 Å². The molecule has 5 nitrogen and oxygen atoms in total. The molecule has 1 saturated heterocycles. The van der Waals surface area contributed by atoms with Gasteiger partial charge >= 0.3 is 0 Å². The summed E-state index contributed by atoms with van der Waals surface area (Å²) in [5, 5.41) is 3.89. The van der Waals surface area contributed by atoms with Crippen LogP contribution >= 0.6 is 11.8 Å². The molecule has 0 aromatic rings. The van der Waals surface area contributed by atoms with E-state index in [0.29, 0.717) is 11.0 Å². The van der Waals surface area contributed by atoms with Crippen LogP contribution in [0, 0.1) is 0 Å². The van der Waals surface area contributed by atoms with E-state index >= 15 is 0 Å². The molecular weight excluding hydrogens is 274 g/mol. The number of thioether (sulfide) groups is 1. The molecule has 0 aromatic heterocycles. The van der Waals surface area contributed by atoms with E-state index < -0.39 is 5.91 Å². The van der Waals surface area contributed by atoms with E-state index in [-0.39, 0.29) is 18.5 Å². The fraction of sp³-hybridized carbons (Fsp3) is 0.857. The van der Waals surface area contributed by atoms with E-state index in [1.54, 1.807) is 16.7 Å². The number of nitrogens with one attached hydrogen (secondary N) is 1. The molecule has 2 fully saturated rings. The first-order valence-electron chi connectivity index (χ1n) is 7.57. The van der Waals surface area contributed by atoms with Gasteiger partial charge in [-0.2, -0.15) is 0 Å². The monoisotopic (exact) mass is 299 g/mol. The highest BCUT2D eigenvalue weighted by atomic mass is 32.2. The van der Waals surface area contributed by atoms with Gasteiger partial charge in [0.05, 0.1) is 12.3 Å². The Morgan fingerprint density at radius 1 is 1.15 bits per heavy atom. The van der Waals surface area contributed by atoms with Gasteiger partial charge in [0.1, 0.15) is 0 Å². The maximum absolute atomic E-state index is 12.4. The zero-order valence-corrected chi connectivity index (χ0v) is 12.8. The highest BCUT2D eigenvalue weighted by Gasteiger charge is 2.28. The normalized spacial score (nSPS) is 21.0. The Hall–Kier alpha value is -0.750. The first kappa shape index (κ1) is 15.6. The van der Waals surface area contributed by atoms with Gasteiger partial charge in [0.15, 0.2) is 0 Å². The second-order valence-corrected chi connectivity index (χ2v) is 6.98. The molecule has 1 aliphatic carbocycles. The van der Waals surface area contributed by atoms with Crippen molar-refractivity contribution in [1.29, 1.82) is 0 Å². The molecular formula is C14H25N3O2S. The number of nitrogens with two attached hydrogens (primary N) is 1. The maximum atomic E-state index is 12.4. The number of hydrogen-bond acceptors (Lipinski definition) is 4. The average Bonchev–Trinajstić information content (AvgIpc) is 2.97. The quantitative estimate of drug-likeness (QED) is 0.758. The van der Waals surface area contributed by atoms with E-state index in [1.165, 1.54) is 0 Å². The topological polar surface area (TPSA) is 75.4 Å². The van der Waals surface area contributed by atoms with E-state index in [2.05, 4.69) is 5.32 Å². The Morgan fingerprint density at radius 2 is 1.80 bits per heavy atom. The van der Waals surface area contributed by atoms with Crippen molar-refractivity contribution in [2.45, 2.75) is 49.8 Å². The van der Waals surface area contributed by atoms with Crippen molar-refractivity contribution in [3.8, 4) is 0 Å². The summed E-state index contributed by atoms with van der Waals surface area (Å²) in [4.78, 5) is 25.3. The van der Waals surface area contributed by atoms with Crippen LogP contribution < -0.4 is 11.1 Å². The van der Waals surface area contributed by atoms with E-state index in [0.717, 1.165) is 51.6 Å². The van der Waals surface area contributed by atoms with Crippen LogP contribution in [0.2, 0.25) is 0 Å². The van der Waals surface area contributed by atoms with Crippen LogP contribution in [0.15, 0.2) is 0 Å².